The van der Waals surface area contributed by atoms with Crippen molar-refractivity contribution < 1.29 is 5.71 Å². The van der Waals surface area contributed by atoms with Gasteiger partial charge in [0.1, 0.15) is 0 Å². The van der Waals surface area contributed by atoms with E-state index in [1.54, 1.807) is 0 Å². The minimum atomic E-state index is 0. The van der Waals surface area contributed by atoms with E-state index in [0.717, 1.165) is 12.8 Å². The van der Waals surface area contributed by atoms with E-state index in [1.807, 2.05) is 0 Å². The molecule has 0 aromatic heterocycles. The first-order chi connectivity index (χ1) is 3.83. The summed E-state index contributed by atoms with van der Waals surface area (Å²) >= 11 is 0. The summed E-state index contributed by atoms with van der Waals surface area (Å²) in [6, 6.07) is 0. The third kappa shape index (κ3) is 51.9. The SMILES string of the molecule is [CH2]CCC.[CH2]CCC.[HH].[HH].[HH].[HH].[Sn+2]. The van der Waals surface area contributed by atoms with Crippen molar-refractivity contribution in [3.8, 4) is 0 Å². The average molecular weight is 241 g/mol. The van der Waals surface area contributed by atoms with Gasteiger partial charge in [-0.05, 0) is 0 Å². The first-order valence-electron chi connectivity index (χ1n) is 3.41. The number of unbranched alkanes of at least 4 members (excludes halogenated alkanes) is 2. The fourth-order valence-electron chi connectivity index (χ4n) is 0. The minimum Gasteiger partial charge on any atom is -0.0654 e. The smallest absolute Gasteiger partial charge is 0.0654 e. The quantitative estimate of drug-likeness (QED) is 0.644. The summed E-state index contributed by atoms with van der Waals surface area (Å²) in [4.78, 5) is 0. The fourth-order valence-corrected chi connectivity index (χ4v) is 0. The molecule has 0 saturated carbocycles. The molecule has 0 fully saturated rings. The molecule has 0 aromatic carbocycles. The molecule has 0 aromatic rings. The Bertz CT molecular complexity index is 24.1. The zero-order chi connectivity index (χ0) is 6.83. The number of hydrogen-bond acceptors (Lipinski definition) is 0. The van der Waals surface area contributed by atoms with E-state index >= 15 is 0 Å². The van der Waals surface area contributed by atoms with Gasteiger partial charge in [0, 0.05) is 5.71 Å². The van der Waals surface area contributed by atoms with Crippen LogP contribution in [0.15, 0.2) is 0 Å². The monoisotopic (exact) mass is 242 g/mol. The Balaban J connectivity index is -0.00000000800. The molecule has 0 N–H and O–H groups in total. The molecule has 0 amide bonds. The van der Waals surface area contributed by atoms with Gasteiger partial charge in [-0.2, -0.15) is 0 Å². The van der Waals surface area contributed by atoms with Crippen LogP contribution in [0.5, 0.6) is 0 Å². The molecule has 0 nitrogen and oxygen atoms in total. The van der Waals surface area contributed by atoms with E-state index in [-0.39, 0.29) is 29.6 Å². The summed E-state index contributed by atoms with van der Waals surface area (Å²) in [5.74, 6) is 0. The van der Waals surface area contributed by atoms with Crippen LogP contribution in [0.2, 0.25) is 0 Å². The van der Waals surface area contributed by atoms with E-state index < -0.39 is 0 Å². The van der Waals surface area contributed by atoms with E-state index in [0.29, 0.717) is 0 Å². The summed E-state index contributed by atoms with van der Waals surface area (Å²) in [6.45, 7) is 11.4. The van der Waals surface area contributed by atoms with Crippen molar-refractivity contribution in [1.82, 2.24) is 0 Å². The summed E-state index contributed by atoms with van der Waals surface area (Å²) in [6.07, 6.45) is 4.56. The van der Waals surface area contributed by atoms with Crippen molar-refractivity contribution in [3.63, 3.8) is 0 Å². The molecule has 0 heterocycles. The largest absolute Gasteiger partial charge is 2.00 e. The van der Waals surface area contributed by atoms with Crippen LogP contribution in [-0.4, -0.2) is 23.9 Å². The normalized spacial score (nSPS) is 6.67. The van der Waals surface area contributed by atoms with Gasteiger partial charge < -0.3 is 0 Å². The summed E-state index contributed by atoms with van der Waals surface area (Å²) in [7, 11) is 0. The van der Waals surface area contributed by atoms with Crippen molar-refractivity contribution in [1.29, 1.82) is 0 Å². The Kier molecular flexibility index (Phi) is 42.4. The van der Waals surface area contributed by atoms with Gasteiger partial charge in [-0.3, -0.25) is 0 Å². The molecule has 1 heteroatoms. The molecule has 0 aliphatic carbocycles. The van der Waals surface area contributed by atoms with E-state index in [2.05, 4.69) is 27.7 Å². The molecule has 9 heavy (non-hydrogen) atoms. The molecule has 0 aliphatic heterocycles. The van der Waals surface area contributed by atoms with Gasteiger partial charge in [-0.1, -0.05) is 53.4 Å². The van der Waals surface area contributed by atoms with Gasteiger partial charge in [0.05, 0.1) is 0 Å². The maximum Gasteiger partial charge on any atom is 2.00 e. The molecule has 0 spiro atoms. The maximum atomic E-state index is 3.60. The van der Waals surface area contributed by atoms with Crippen LogP contribution in [0.4, 0.5) is 0 Å². The first kappa shape index (κ1) is 16.4. The van der Waals surface area contributed by atoms with E-state index in [1.165, 1.54) is 12.8 Å². The molecule has 0 bridgehead atoms. The second-order valence-electron chi connectivity index (χ2n) is 1.71. The third-order valence-corrected chi connectivity index (χ3v) is 0.707. The van der Waals surface area contributed by atoms with Crippen LogP contribution in [0.3, 0.4) is 0 Å². The predicted molar refractivity (Wildman–Crippen MR) is 54.7 cm³/mol. The molecule has 4 radical (unpaired) electrons. The van der Waals surface area contributed by atoms with Gasteiger partial charge in [-0.25, -0.2) is 0 Å². The van der Waals surface area contributed by atoms with Crippen LogP contribution in [-0.2, 0) is 0 Å². The Morgan fingerprint density at radius 2 is 1.11 bits per heavy atom. The van der Waals surface area contributed by atoms with Crippen molar-refractivity contribution in [3.05, 3.63) is 13.8 Å². The van der Waals surface area contributed by atoms with Crippen LogP contribution in [0.25, 0.3) is 0 Å². The Morgan fingerprint density at radius 1 is 1.00 bits per heavy atom. The number of rotatable bonds is 2. The minimum absolute atomic E-state index is 0. The van der Waals surface area contributed by atoms with E-state index in [4.69, 9.17) is 0 Å². The number of hydrogen-bond donors (Lipinski definition) is 0. The van der Waals surface area contributed by atoms with Gasteiger partial charge >= 0.3 is 23.9 Å². The molecule has 0 aliphatic rings. The van der Waals surface area contributed by atoms with Crippen LogP contribution >= 0.6 is 0 Å². The van der Waals surface area contributed by atoms with E-state index in [9.17, 15) is 0 Å². The molecule has 0 unspecified atom stereocenters. The molecular weight excluding hydrogens is 215 g/mol. The Hall–Kier alpha value is 0.799. The Morgan fingerprint density at radius 3 is 1.11 bits per heavy atom. The third-order valence-electron chi connectivity index (χ3n) is 0.707. The molecule has 60 valence electrons. The summed E-state index contributed by atoms with van der Waals surface area (Å²) in [5, 5.41) is 0. The summed E-state index contributed by atoms with van der Waals surface area (Å²) < 4.78 is 0. The molecular formula is C8H26Sn+2. The van der Waals surface area contributed by atoms with Gasteiger partial charge in [0.15, 0.2) is 0 Å². The van der Waals surface area contributed by atoms with Crippen molar-refractivity contribution in [2.45, 2.75) is 39.5 Å². The first-order valence-corrected chi connectivity index (χ1v) is 3.41. The second kappa shape index (κ2) is 23.2. The second-order valence-corrected chi connectivity index (χ2v) is 1.71. The zero-order valence-corrected chi connectivity index (χ0v) is 9.60. The van der Waals surface area contributed by atoms with Gasteiger partial charge in [0.2, 0.25) is 0 Å². The van der Waals surface area contributed by atoms with Crippen LogP contribution in [0.1, 0.15) is 45.2 Å². The van der Waals surface area contributed by atoms with Gasteiger partial charge in [0.25, 0.3) is 0 Å². The molecule has 0 rings (SSSR count). The zero-order valence-electron chi connectivity index (χ0n) is 6.74. The fraction of sp³-hybridized carbons (Fsp3) is 0.750. The Labute approximate surface area is 83.3 Å². The average Bonchev–Trinajstić information content (AvgIpc) is 1.88. The van der Waals surface area contributed by atoms with Gasteiger partial charge in [-0.15, -0.1) is 0 Å². The topological polar surface area (TPSA) is 0 Å². The van der Waals surface area contributed by atoms with Crippen LogP contribution < -0.4 is 0 Å². The standard InChI is InChI=1S/2C4H9.Sn.4H2/c2*1-3-4-2;;;;;/h2*1,3-4H2,2H3;;4*1H/q;;+2;;;;. The van der Waals surface area contributed by atoms with Crippen molar-refractivity contribution in [2.75, 3.05) is 0 Å². The van der Waals surface area contributed by atoms with Crippen molar-refractivity contribution in [2.24, 2.45) is 0 Å². The van der Waals surface area contributed by atoms with Crippen LogP contribution in [0, 0.1) is 13.8 Å². The van der Waals surface area contributed by atoms with Crippen molar-refractivity contribution >= 4 is 23.9 Å². The molecule has 0 atom stereocenters. The maximum absolute atomic E-state index is 3.60. The summed E-state index contributed by atoms with van der Waals surface area (Å²) in [5.41, 5.74) is 0. The molecule has 0 saturated heterocycles. The predicted octanol–water partition coefficient (Wildman–Crippen LogP) is 3.84.